The minimum atomic E-state index is 0.947. The maximum absolute atomic E-state index is 5.63. The molecule has 18 heavy (non-hydrogen) atoms. The van der Waals surface area contributed by atoms with Gasteiger partial charge < -0.3 is 4.90 Å². The van der Waals surface area contributed by atoms with Crippen molar-refractivity contribution in [2.75, 3.05) is 11.4 Å². The summed E-state index contributed by atoms with van der Waals surface area (Å²) in [5.41, 5.74) is 5.05. The number of nitrogens with zero attached hydrogens (tertiary/aromatic N) is 1. The van der Waals surface area contributed by atoms with Gasteiger partial charge in [-0.05, 0) is 36.6 Å². The van der Waals surface area contributed by atoms with Crippen molar-refractivity contribution >= 4 is 22.9 Å². The quantitative estimate of drug-likeness (QED) is 0.712. The summed E-state index contributed by atoms with van der Waals surface area (Å²) in [5.74, 6) is 0. The Hall–Kier alpha value is -1.67. The average Bonchev–Trinajstić information content (AvgIpc) is 2.39. The summed E-state index contributed by atoms with van der Waals surface area (Å²) >= 11 is 5.63. The lowest BCUT2D eigenvalue weighted by atomic mass is 9.99. The molecule has 0 saturated carbocycles. The van der Waals surface area contributed by atoms with E-state index in [-0.39, 0.29) is 0 Å². The minimum Gasteiger partial charge on any atom is -0.332 e. The first-order chi connectivity index (χ1) is 8.75. The Morgan fingerprint density at radius 3 is 2.72 bits per heavy atom. The predicted octanol–water partition coefficient (Wildman–Crippen LogP) is 3.73. The molecule has 0 atom stereocenters. The highest BCUT2D eigenvalue weighted by Crippen LogP contribution is 2.25. The maximum Gasteiger partial charge on any atom is 0.113 e. The number of anilines is 1. The molecule has 0 spiro atoms. The zero-order chi connectivity index (χ0) is 12.5. The van der Waals surface area contributed by atoms with Gasteiger partial charge in [-0.15, -0.1) is 0 Å². The van der Waals surface area contributed by atoms with Crippen LogP contribution in [-0.4, -0.2) is 11.5 Å². The molecule has 0 fully saturated rings. The summed E-state index contributed by atoms with van der Waals surface area (Å²) in [7, 11) is 0. The van der Waals surface area contributed by atoms with Gasteiger partial charge in [0.1, 0.15) is 4.99 Å². The van der Waals surface area contributed by atoms with Gasteiger partial charge in [-0.25, -0.2) is 0 Å². The zero-order valence-electron chi connectivity index (χ0n) is 10.4. The number of hydrogen-bond acceptors (Lipinski definition) is 1. The van der Waals surface area contributed by atoms with Crippen LogP contribution in [0.5, 0.6) is 0 Å². The van der Waals surface area contributed by atoms with Crippen molar-refractivity contribution in [1.29, 1.82) is 0 Å². The zero-order valence-corrected chi connectivity index (χ0v) is 11.2. The Labute approximate surface area is 113 Å². The van der Waals surface area contributed by atoms with E-state index in [0.717, 1.165) is 18.0 Å². The number of rotatable bonds is 1. The first-order valence-corrected chi connectivity index (χ1v) is 6.63. The van der Waals surface area contributed by atoms with Gasteiger partial charge in [-0.3, -0.25) is 0 Å². The van der Waals surface area contributed by atoms with Crippen LogP contribution in [0.25, 0.3) is 0 Å². The Balaban J connectivity index is 2.00. The van der Waals surface area contributed by atoms with E-state index in [9.17, 15) is 0 Å². The number of aryl methyl sites for hydroxylation is 1. The first-order valence-electron chi connectivity index (χ1n) is 6.22. The SMILES string of the molecule is Cc1cccc(N2CCc3ccccc3C2=S)c1. The molecule has 1 aliphatic rings. The highest BCUT2D eigenvalue weighted by molar-refractivity contribution is 7.81. The molecule has 0 bridgehead atoms. The van der Waals surface area contributed by atoms with E-state index in [4.69, 9.17) is 12.2 Å². The van der Waals surface area contributed by atoms with Gasteiger partial charge in [0.2, 0.25) is 0 Å². The number of thiocarbonyl (C=S) groups is 1. The van der Waals surface area contributed by atoms with Crippen LogP contribution in [0.2, 0.25) is 0 Å². The minimum absolute atomic E-state index is 0.947. The fourth-order valence-corrected chi connectivity index (χ4v) is 2.86. The van der Waals surface area contributed by atoms with Crippen molar-refractivity contribution in [1.82, 2.24) is 0 Å². The number of fused-ring (bicyclic) bond motifs is 1. The molecule has 0 aliphatic carbocycles. The molecule has 2 aromatic rings. The summed E-state index contributed by atoms with van der Waals surface area (Å²) in [5, 5.41) is 0. The van der Waals surface area contributed by atoms with Crippen LogP contribution in [0.1, 0.15) is 16.7 Å². The first kappa shape index (κ1) is 11.4. The molecular weight excluding hydrogens is 238 g/mol. The molecule has 90 valence electrons. The predicted molar refractivity (Wildman–Crippen MR) is 80.4 cm³/mol. The van der Waals surface area contributed by atoms with Gasteiger partial charge >= 0.3 is 0 Å². The Morgan fingerprint density at radius 1 is 1.06 bits per heavy atom. The largest absolute Gasteiger partial charge is 0.332 e. The van der Waals surface area contributed by atoms with Crippen molar-refractivity contribution < 1.29 is 0 Å². The van der Waals surface area contributed by atoms with Crippen LogP contribution in [0.15, 0.2) is 48.5 Å². The third-order valence-electron chi connectivity index (χ3n) is 3.41. The topological polar surface area (TPSA) is 3.24 Å². The average molecular weight is 253 g/mol. The van der Waals surface area contributed by atoms with Crippen LogP contribution in [0.3, 0.4) is 0 Å². The van der Waals surface area contributed by atoms with Crippen LogP contribution >= 0.6 is 12.2 Å². The van der Waals surface area contributed by atoms with Gasteiger partial charge in [0, 0.05) is 17.8 Å². The van der Waals surface area contributed by atoms with E-state index in [1.165, 1.54) is 22.4 Å². The van der Waals surface area contributed by atoms with E-state index in [2.05, 4.69) is 60.4 Å². The molecule has 0 aromatic heterocycles. The molecule has 2 heteroatoms. The lowest BCUT2D eigenvalue weighted by molar-refractivity contribution is 0.912. The summed E-state index contributed by atoms with van der Waals surface area (Å²) < 4.78 is 0. The number of hydrogen-bond donors (Lipinski definition) is 0. The van der Waals surface area contributed by atoms with E-state index in [0.29, 0.717) is 0 Å². The van der Waals surface area contributed by atoms with E-state index in [1.807, 2.05) is 0 Å². The van der Waals surface area contributed by atoms with Gasteiger partial charge in [-0.2, -0.15) is 0 Å². The molecule has 1 heterocycles. The second-order valence-electron chi connectivity index (χ2n) is 4.70. The number of benzene rings is 2. The van der Waals surface area contributed by atoms with Crippen molar-refractivity contribution in [2.45, 2.75) is 13.3 Å². The maximum atomic E-state index is 5.63. The molecule has 3 rings (SSSR count). The molecule has 0 saturated heterocycles. The second-order valence-corrected chi connectivity index (χ2v) is 5.09. The van der Waals surface area contributed by atoms with E-state index < -0.39 is 0 Å². The fraction of sp³-hybridized carbons (Fsp3) is 0.188. The van der Waals surface area contributed by atoms with E-state index >= 15 is 0 Å². The Bertz CT molecular complexity index is 604. The standard InChI is InChI=1S/C16H15NS/c1-12-5-4-7-14(11-12)17-10-9-13-6-2-3-8-15(13)16(17)18/h2-8,11H,9-10H2,1H3. The molecule has 2 aromatic carbocycles. The summed E-state index contributed by atoms with van der Waals surface area (Å²) in [6, 6.07) is 17.0. The lowest BCUT2D eigenvalue weighted by Crippen LogP contribution is -2.36. The smallest absolute Gasteiger partial charge is 0.113 e. The van der Waals surface area contributed by atoms with Crippen molar-refractivity contribution in [3.05, 3.63) is 65.2 Å². The summed E-state index contributed by atoms with van der Waals surface area (Å²) in [4.78, 5) is 3.19. The van der Waals surface area contributed by atoms with Gasteiger partial charge in [-0.1, -0.05) is 48.6 Å². The molecule has 0 radical (unpaired) electrons. The van der Waals surface area contributed by atoms with Crippen LogP contribution in [0.4, 0.5) is 5.69 Å². The molecule has 1 aliphatic heterocycles. The normalized spacial score (nSPS) is 14.5. The summed E-state index contributed by atoms with van der Waals surface area (Å²) in [6.07, 6.45) is 1.06. The van der Waals surface area contributed by atoms with E-state index in [1.54, 1.807) is 0 Å². The lowest BCUT2D eigenvalue weighted by Gasteiger charge is -2.31. The van der Waals surface area contributed by atoms with Crippen molar-refractivity contribution in [3.63, 3.8) is 0 Å². The highest BCUT2D eigenvalue weighted by atomic mass is 32.1. The van der Waals surface area contributed by atoms with Crippen LogP contribution in [0, 0.1) is 6.92 Å². The van der Waals surface area contributed by atoms with Gasteiger partial charge in [0.25, 0.3) is 0 Å². The highest BCUT2D eigenvalue weighted by Gasteiger charge is 2.21. The molecule has 1 nitrogen and oxygen atoms in total. The van der Waals surface area contributed by atoms with Crippen LogP contribution in [-0.2, 0) is 6.42 Å². The molecule has 0 unspecified atom stereocenters. The fourth-order valence-electron chi connectivity index (χ4n) is 2.47. The molecule has 0 amide bonds. The van der Waals surface area contributed by atoms with Crippen LogP contribution < -0.4 is 4.90 Å². The third kappa shape index (κ3) is 1.93. The van der Waals surface area contributed by atoms with Crippen molar-refractivity contribution in [3.8, 4) is 0 Å². The molecule has 0 N–H and O–H groups in total. The third-order valence-corrected chi connectivity index (χ3v) is 3.85. The van der Waals surface area contributed by atoms with Gasteiger partial charge in [0.15, 0.2) is 0 Å². The molecular formula is C16H15NS. The Morgan fingerprint density at radius 2 is 1.89 bits per heavy atom. The summed E-state index contributed by atoms with van der Waals surface area (Å²) in [6.45, 7) is 3.09. The van der Waals surface area contributed by atoms with Crippen molar-refractivity contribution in [2.24, 2.45) is 0 Å². The second kappa shape index (κ2) is 4.54. The Kier molecular flexibility index (Phi) is 2.88. The monoisotopic (exact) mass is 253 g/mol. The van der Waals surface area contributed by atoms with Gasteiger partial charge in [0.05, 0.1) is 0 Å².